The highest BCUT2D eigenvalue weighted by atomic mass is 127. The number of benzene rings is 1. The van der Waals surface area contributed by atoms with Crippen molar-refractivity contribution in [2.24, 2.45) is 4.99 Å². The maximum atomic E-state index is 13.5. The molecule has 4 nitrogen and oxygen atoms in total. The number of guanidine groups is 1. The Labute approximate surface area is 155 Å². The van der Waals surface area contributed by atoms with Gasteiger partial charge in [-0.1, -0.05) is 18.2 Å². The number of allylic oxidation sites excluding steroid dienone is 1. The second-order valence-corrected chi connectivity index (χ2v) is 5.14. The van der Waals surface area contributed by atoms with Gasteiger partial charge in [0.25, 0.3) is 0 Å². The maximum Gasteiger partial charge on any atom is 0.193 e. The molecule has 1 unspecified atom stereocenters. The van der Waals surface area contributed by atoms with Gasteiger partial charge in [-0.2, -0.15) is 0 Å². The Morgan fingerprint density at radius 3 is 2.78 bits per heavy atom. The first-order valence-electron chi connectivity index (χ1n) is 7.52. The maximum absolute atomic E-state index is 13.5. The van der Waals surface area contributed by atoms with Crippen LogP contribution in [-0.2, 0) is 0 Å². The van der Waals surface area contributed by atoms with Gasteiger partial charge in [0.05, 0.1) is 6.54 Å². The molecule has 0 heterocycles. The monoisotopic (exact) mass is 435 g/mol. The molecule has 0 aliphatic rings. The van der Waals surface area contributed by atoms with Crippen molar-refractivity contribution in [3.05, 3.63) is 42.7 Å². The van der Waals surface area contributed by atoms with Gasteiger partial charge >= 0.3 is 0 Å². The van der Waals surface area contributed by atoms with E-state index in [1.54, 1.807) is 25.2 Å². The van der Waals surface area contributed by atoms with Gasteiger partial charge in [0.1, 0.15) is 6.10 Å². The zero-order chi connectivity index (χ0) is 16.4. The summed E-state index contributed by atoms with van der Waals surface area (Å²) in [7, 11) is 3.73. The summed E-state index contributed by atoms with van der Waals surface area (Å²) in [6.45, 7) is 7.06. The number of hydrogen-bond acceptors (Lipinski definition) is 2. The summed E-state index contributed by atoms with van der Waals surface area (Å²) in [4.78, 5) is 6.29. The second-order valence-electron chi connectivity index (χ2n) is 5.14. The van der Waals surface area contributed by atoms with Crippen LogP contribution in [0.2, 0.25) is 0 Å². The molecule has 0 spiro atoms. The summed E-state index contributed by atoms with van der Waals surface area (Å²) in [6, 6.07) is 6.42. The summed E-state index contributed by atoms with van der Waals surface area (Å²) in [5, 5.41) is 3.24. The van der Waals surface area contributed by atoms with Crippen LogP contribution in [0.5, 0.6) is 5.75 Å². The van der Waals surface area contributed by atoms with Gasteiger partial charge in [0, 0.05) is 20.6 Å². The van der Waals surface area contributed by atoms with Gasteiger partial charge in [-0.05, 0) is 31.9 Å². The molecule has 1 aromatic rings. The normalized spacial score (nSPS) is 12.1. The van der Waals surface area contributed by atoms with Crippen molar-refractivity contribution >= 4 is 29.9 Å². The molecule has 0 saturated carbocycles. The lowest BCUT2D eigenvalue weighted by molar-refractivity contribution is 0.213. The molecule has 0 amide bonds. The third kappa shape index (κ3) is 8.20. The fraction of sp³-hybridized carbons (Fsp3) is 0.471. The van der Waals surface area contributed by atoms with Crippen molar-refractivity contribution in [3.8, 4) is 5.75 Å². The van der Waals surface area contributed by atoms with E-state index >= 15 is 0 Å². The van der Waals surface area contributed by atoms with E-state index < -0.39 is 0 Å². The highest BCUT2D eigenvalue weighted by Gasteiger charge is 2.10. The minimum absolute atomic E-state index is 0. The molecule has 1 atom stereocenters. The standard InChI is InChI=1S/C17H26FN3O.HI/c1-5-6-9-12-21(4)17(19-3)20-13-14(2)22-16-11-8-7-10-15(16)18;/h5,7-8,10-11,14H,1,6,9,12-13H2,2-4H3,(H,19,20);1H. The van der Waals surface area contributed by atoms with Gasteiger partial charge in [-0.3, -0.25) is 4.99 Å². The van der Waals surface area contributed by atoms with Crippen LogP contribution in [0.4, 0.5) is 4.39 Å². The number of aliphatic imine (C=N–C) groups is 1. The number of para-hydroxylation sites is 1. The van der Waals surface area contributed by atoms with Crippen molar-refractivity contribution in [2.75, 3.05) is 27.2 Å². The SMILES string of the molecule is C=CCCCN(C)C(=NC)NCC(C)Oc1ccccc1F.I. The zero-order valence-corrected chi connectivity index (χ0v) is 16.4. The van der Waals surface area contributed by atoms with E-state index in [-0.39, 0.29) is 41.6 Å². The predicted octanol–water partition coefficient (Wildman–Crippen LogP) is 3.68. The average Bonchev–Trinajstić information content (AvgIpc) is 2.50. The molecule has 0 aliphatic carbocycles. The van der Waals surface area contributed by atoms with Crippen molar-refractivity contribution in [1.82, 2.24) is 10.2 Å². The van der Waals surface area contributed by atoms with E-state index in [1.165, 1.54) is 6.07 Å². The Morgan fingerprint density at radius 1 is 1.48 bits per heavy atom. The van der Waals surface area contributed by atoms with E-state index in [0.717, 1.165) is 25.3 Å². The van der Waals surface area contributed by atoms with E-state index in [9.17, 15) is 4.39 Å². The Hall–Kier alpha value is -1.31. The van der Waals surface area contributed by atoms with Gasteiger partial charge in [0.15, 0.2) is 17.5 Å². The quantitative estimate of drug-likeness (QED) is 0.223. The fourth-order valence-corrected chi connectivity index (χ4v) is 2.00. The van der Waals surface area contributed by atoms with Crippen LogP contribution in [0.15, 0.2) is 41.9 Å². The second kappa shape index (κ2) is 12.2. The number of nitrogens with one attached hydrogen (secondary N) is 1. The zero-order valence-electron chi connectivity index (χ0n) is 14.1. The number of ether oxygens (including phenoxy) is 1. The molecule has 0 aromatic heterocycles. The number of unbranched alkanes of at least 4 members (excludes halogenated alkanes) is 1. The summed E-state index contributed by atoms with van der Waals surface area (Å²) in [6.07, 6.45) is 3.75. The molecule has 0 bridgehead atoms. The van der Waals surface area contributed by atoms with Crippen molar-refractivity contribution in [2.45, 2.75) is 25.9 Å². The summed E-state index contributed by atoms with van der Waals surface area (Å²) < 4.78 is 19.1. The first kappa shape index (κ1) is 21.7. The molecule has 1 aromatic carbocycles. The number of nitrogens with zero attached hydrogens (tertiary/aromatic N) is 2. The van der Waals surface area contributed by atoms with Crippen LogP contribution >= 0.6 is 24.0 Å². The van der Waals surface area contributed by atoms with Gasteiger partial charge < -0.3 is 15.0 Å². The summed E-state index contributed by atoms with van der Waals surface area (Å²) in [5.41, 5.74) is 0. The topological polar surface area (TPSA) is 36.9 Å². The van der Waals surface area contributed by atoms with Crippen LogP contribution in [0.1, 0.15) is 19.8 Å². The smallest absolute Gasteiger partial charge is 0.193 e. The lowest BCUT2D eigenvalue weighted by Crippen LogP contribution is -2.43. The Kier molecular flexibility index (Phi) is 11.5. The van der Waals surface area contributed by atoms with Crippen molar-refractivity contribution < 1.29 is 9.13 Å². The third-order valence-electron chi connectivity index (χ3n) is 3.19. The molecule has 1 N–H and O–H groups in total. The van der Waals surface area contributed by atoms with Crippen LogP contribution < -0.4 is 10.1 Å². The highest BCUT2D eigenvalue weighted by molar-refractivity contribution is 14.0. The summed E-state index contributed by atoms with van der Waals surface area (Å²) in [5.74, 6) is 0.722. The van der Waals surface area contributed by atoms with Crippen LogP contribution in [-0.4, -0.2) is 44.1 Å². The van der Waals surface area contributed by atoms with E-state index in [4.69, 9.17) is 4.74 Å². The van der Waals surface area contributed by atoms with Gasteiger partial charge in [-0.25, -0.2) is 4.39 Å². The average molecular weight is 435 g/mol. The molecule has 23 heavy (non-hydrogen) atoms. The van der Waals surface area contributed by atoms with E-state index in [1.807, 2.05) is 20.0 Å². The van der Waals surface area contributed by atoms with Crippen molar-refractivity contribution in [3.63, 3.8) is 0 Å². The number of rotatable bonds is 8. The largest absolute Gasteiger partial charge is 0.486 e. The molecule has 0 saturated heterocycles. The number of hydrogen-bond donors (Lipinski definition) is 1. The molecule has 0 radical (unpaired) electrons. The van der Waals surface area contributed by atoms with Gasteiger partial charge in [-0.15, -0.1) is 30.6 Å². The molecule has 130 valence electrons. The van der Waals surface area contributed by atoms with E-state index in [2.05, 4.69) is 21.8 Å². The lowest BCUT2D eigenvalue weighted by atomic mass is 10.3. The Balaban J connectivity index is 0.00000484. The van der Waals surface area contributed by atoms with Gasteiger partial charge in [0.2, 0.25) is 0 Å². The first-order valence-corrected chi connectivity index (χ1v) is 7.52. The Bertz CT molecular complexity index is 496. The lowest BCUT2D eigenvalue weighted by Gasteiger charge is -2.23. The van der Waals surface area contributed by atoms with Crippen LogP contribution in [0.3, 0.4) is 0 Å². The highest BCUT2D eigenvalue weighted by Crippen LogP contribution is 2.16. The Morgan fingerprint density at radius 2 is 2.17 bits per heavy atom. The van der Waals surface area contributed by atoms with Crippen LogP contribution in [0, 0.1) is 5.82 Å². The molecule has 0 fully saturated rings. The number of halogens is 2. The molecule has 6 heteroatoms. The fourth-order valence-electron chi connectivity index (χ4n) is 2.00. The minimum atomic E-state index is -0.347. The predicted molar refractivity (Wildman–Crippen MR) is 105 cm³/mol. The molecule has 0 aliphatic heterocycles. The molecule has 1 rings (SSSR count). The molecular formula is C17H27FIN3O. The molecular weight excluding hydrogens is 408 g/mol. The first-order chi connectivity index (χ1) is 10.6. The van der Waals surface area contributed by atoms with E-state index in [0.29, 0.717) is 6.54 Å². The minimum Gasteiger partial charge on any atom is -0.486 e. The third-order valence-corrected chi connectivity index (χ3v) is 3.19. The summed E-state index contributed by atoms with van der Waals surface area (Å²) >= 11 is 0. The van der Waals surface area contributed by atoms with Crippen molar-refractivity contribution in [1.29, 1.82) is 0 Å². The van der Waals surface area contributed by atoms with Crippen LogP contribution in [0.25, 0.3) is 0 Å².